The number of hydrogen-bond acceptors (Lipinski definition) is 4. The quantitative estimate of drug-likeness (QED) is 0.417. The molecule has 0 spiro atoms. The summed E-state index contributed by atoms with van der Waals surface area (Å²) in [5.74, 6) is 0.268. The molecule has 0 fully saturated rings. The van der Waals surface area contributed by atoms with Crippen LogP contribution in [0, 0.1) is 0 Å². The van der Waals surface area contributed by atoms with Crippen LogP contribution >= 0.6 is 0 Å². The van der Waals surface area contributed by atoms with Gasteiger partial charge in [0, 0.05) is 11.1 Å². The molecule has 4 aromatic rings. The molecule has 0 unspecified atom stereocenters. The lowest BCUT2D eigenvalue weighted by Gasteiger charge is -2.13. The molecule has 32 heavy (non-hydrogen) atoms. The predicted molar refractivity (Wildman–Crippen MR) is 123 cm³/mol. The lowest BCUT2D eigenvalue weighted by atomic mass is 10.0. The fraction of sp³-hybridized carbons (Fsp3) is 0.0385. The van der Waals surface area contributed by atoms with E-state index in [4.69, 9.17) is 4.74 Å². The number of fused-ring (bicyclic) bond motifs is 1. The van der Waals surface area contributed by atoms with Crippen molar-refractivity contribution < 1.29 is 19.1 Å². The first-order valence-corrected chi connectivity index (χ1v) is 10.0. The second-order valence-electron chi connectivity index (χ2n) is 7.04. The van der Waals surface area contributed by atoms with Crippen molar-refractivity contribution >= 4 is 34.6 Å². The molecule has 0 heterocycles. The minimum absolute atomic E-state index is 0.190. The maximum absolute atomic E-state index is 12.6. The third-order valence-corrected chi connectivity index (χ3v) is 4.85. The van der Waals surface area contributed by atoms with Gasteiger partial charge < -0.3 is 15.4 Å². The number of hydrogen-bond donors (Lipinski definition) is 2. The van der Waals surface area contributed by atoms with Gasteiger partial charge in [-0.1, -0.05) is 48.5 Å². The zero-order valence-electron chi connectivity index (χ0n) is 17.1. The van der Waals surface area contributed by atoms with E-state index in [0.717, 1.165) is 17.1 Å². The van der Waals surface area contributed by atoms with Gasteiger partial charge in [0.2, 0.25) is 5.91 Å². The number of benzene rings is 4. The molecule has 0 saturated carbocycles. The van der Waals surface area contributed by atoms with E-state index < -0.39 is 0 Å². The van der Waals surface area contributed by atoms with Crippen LogP contribution in [-0.2, 0) is 4.79 Å². The number of anilines is 1. The molecule has 0 aliphatic heterocycles. The number of para-hydroxylation sites is 2. The van der Waals surface area contributed by atoms with E-state index in [-0.39, 0.29) is 18.4 Å². The Kier molecular flexibility index (Phi) is 6.22. The molecule has 4 aromatic carbocycles. The average molecular weight is 424 g/mol. The minimum atomic E-state index is -0.383. The van der Waals surface area contributed by atoms with E-state index in [1.165, 1.54) is 0 Å². The fourth-order valence-corrected chi connectivity index (χ4v) is 3.27. The standard InChI is InChI=1S/C26H20N2O4/c29-17-18-12-14-20(15-13-18)32-24-11-4-3-10-23(24)28-25(30)16-27-26(31)22-9-5-7-19-6-1-2-8-21(19)22/h1-15,17H,16H2,(H,27,31)(H,28,30). The van der Waals surface area contributed by atoms with Crippen molar-refractivity contribution in [3.05, 3.63) is 102 Å². The van der Waals surface area contributed by atoms with Gasteiger partial charge in [-0.2, -0.15) is 0 Å². The van der Waals surface area contributed by atoms with Crippen LogP contribution in [0.25, 0.3) is 10.8 Å². The molecule has 6 heteroatoms. The summed E-state index contributed by atoms with van der Waals surface area (Å²) in [7, 11) is 0. The number of ether oxygens (including phenoxy) is 1. The fourth-order valence-electron chi connectivity index (χ4n) is 3.27. The lowest BCUT2D eigenvalue weighted by molar-refractivity contribution is -0.115. The number of carbonyl (C=O) groups excluding carboxylic acids is 3. The van der Waals surface area contributed by atoms with Crippen LogP contribution in [0.3, 0.4) is 0 Å². The van der Waals surface area contributed by atoms with Crippen LogP contribution in [0.1, 0.15) is 20.7 Å². The molecule has 0 atom stereocenters. The number of carbonyl (C=O) groups is 3. The van der Waals surface area contributed by atoms with E-state index in [2.05, 4.69) is 10.6 Å². The van der Waals surface area contributed by atoms with E-state index >= 15 is 0 Å². The predicted octanol–water partition coefficient (Wildman–Crippen LogP) is 4.81. The number of aldehydes is 1. The highest BCUT2D eigenvalue weighted by molar-refractivity contribution is 6.08. The topological polar surface area (TPSA) is 84.5 Å². The number of amides is 2. The first kappa shape index (κ1) is 20.8. The molecule has 6 nitrogen and oxygen atoms in total. The van der Waals surface area contributed by atoms with Crippen LogP contribution in [0.4, 0.5) is 5.69 Å². The Morgan fingerprint density at radius 1 is 0.812 bits per heavy atom. The maximum atomic E-state index is 12.6. The summed E-state index contributed by atoms with van der Waals surface area (Å²) in [5.41, 5.74) is 1.52. The van der Waals surface area contributed by atoms with Gasteiger partial charge in [0.25, 0.3) is 5.91 Å². The first-order chi connectivity index (χ1) is 15.6. The zero-order valence-corrected chi connectivity index (χ0v) is 17.1. The Hall–Kier alpha value is -4.45. The van der Waals surface area contributed by atoms with Gasteiger partial charge in [0.1, 0.15) is 12.0 Å². The van der Waals surface area contributed by atoms with E-state index in [1.54, 1.807) is 54.6 Å². The Balaban J connectivity index is 1.41. The maximum Gasteiger partial charge on any atom is 0.252 e. The summed E-state index contributed by atoms with van der Waals surface area (Å²) in [6.45, 7) is -0.190. The molecule has 0 radical (unpaired) electrons. The summed E-state index contributed by atoms with van der Waals surface area (Å²) < 4.78 is 5.83. The van der Waals surface area contributed by atoms with Gasteiger partial charge >= 0.3 is 0 Å². The second-order valence-corrected chi connectivity index (χ2v) is 7.04. The molecule has 2 N–H and O–H groups in total. The SMILES string of the molecule is O=Cc1ccc(Oc2ccccc2NC(=O)CNC(=O)c2cccc3ccccc23)cc1. The third kappa shape index (κ3) is 4.82. The van der Waals surface area contributed by atoms with Crippen LogP contribution in [0.5, 0.6) is 11.5 Å². The van der Waals surface area contributed by atoms with Crippen molar-refractivity contribution in [2.45, 2.75) is 0 Å². The summed E-state index contributed by atoms with van der Waals surface area (Å²) in [4.78, 5) is 35.9. The Labute approximate surface area is 184 Å². The molecule has 0 aliphatic rings. The highest BCUT2D eigenvalue weighted by Crippen LogP contribution is 2.29. The minimum Gasteiger partial charge on any atom is -0.455 e. The first-order valence-electron chi connectivity index (χ1n) is 10.0. The summed E-state index contributed by atoms with van der Waals surface area (Å²) in [6, 6.07) is 26.7. The smallest absolute Gasteiger partial charge is 0.252 e. The van der Waals surface area contributed by atoms with Crippen molar-refractivity contribution in [2.24, 2.45) is 0 Å². The number of nitrogens with one attached hydrogen (secondary N) is 2. The molecule has 0 saturated heterocycles. The molecular formula is C26H20N2O4. The molecule has 0 aromatic heterocycles. The van der Waals surface area contributed by atoms with E-state index in [1.807, 2.05) is 36.4 Å². The highest BCUT2D eigenvalue weighted by Gasteiger charge is 2.13. The number of rotatable bonds is 7. The van der Waals surface area contributed by atoms with Gasteiger partial charge in [0.15, 0.2) is 5.75 Å². The van der Waals surface area contributed by atoms with Crippen molar-refractivity contribution in [3.63, 3.8) is 0 Å². The Morgan fingerprint density at radius 2 is 1.53 bits per heavy atom. The van der Waals surface area contributed by atoms with Gasteiger partial charge in [-0.05, 0) is 53.2 Å². The zero-order chi connectivity index (χ0) is 22.3. The Bertz CT molecular complexity index is 1280. The summed E-state index contributed by atoms with van der Waals surface area (Å²) in [5, 5.41) is 7.21. The van der Waals surface area contributed by atoms with Gasteiger partial charge in [-0.3, -0.25) is 14.4 Å². The lowest BCUT2D eigenvalue weighted by Crippen LogP contribution is -2.33. The van der Waals surface area contributed by atoms with Gasteiger partial charge in [-0.25, -0.2) is 0 Å². The van der Waals surface area contributed by atoms with Gasteiger partial charge in [0.05, 0.1) is 12.2 Å². The largest absolute Gasteiger partial charge is 0.455 e. The molecule has 4 rings (SSSR count). The summed E-state index contributed by atoms with van der Waals surface area (Å²) in [6.07, 6.45) is 0.754. The van der Waals surface area contributed by atoms with Crippen molar-refractivity contribution in [1.82, 2.24) is 5.32 Å². The summed E-state index contributed by atoms with van der Waals surface area (Å²) >= 11 is 0. The van der Waals surface area contributed by atoms with Gasteiger partial charge in [-0.15, -0.1) is 0 Å². The van der Waals surface area contributed by atoms with Crippen LogP contribution in [-0.4, -0.2) is 24.6 Å². The second kappa shape index (κ2) is 9.57. The van der Waals surface area contributed by atoms with Crippen molar-refractivity contribution in [2.75, 3.05) is 11.9 Å². The van der Waals surface area contributed by atoms with Crippen LogP contribution in [0.2, 0.25) is 0 Å². The Morgan fingerprint density at radius 3 is 2.34 bits per heavy atom. The van der Waals surface area contributed by atoms with Crippen LogP contribution < -0.4 is 15.4 Å². The highest BCUT2D eigenvalue weighted by atomic mass is 16.5. The molecular weight excluding hydrogens is 404 g/mol. The van der Waals surface area contributed by atoms with E-state index in [9.17, 15) is 14.4 Å². The molecule has 2 amide bonds. The van der Waals surface area contributed by atoms with Crippen molar-refractivity contribution in [1.29, 1.82) is 0 Å². The monoisotopic (exact) mass is 424 g/mol. The molecule has 158 valence electrons. The molecule has 0 bridgehead atoms. The normalized spacial score (nSPS) is 10.4. The molecule has 0 aliphatic carbocycles. The third-order valence-electron chi connectivity index (χ3n) is 4.85. The van der Waals surface area contributed by atoms with E-state index in [0.29, 0.717) is 28.3 Å². The average Bonchev–Trinajstić information content (AvgIpc) is 2.84. The van der Waals surface area contributed by atoms with Crippen LogP contribution in [0.15, 0.2) is 91.0 Å². The van der Waals surface area contributed by atoms with Crippen molar-refractivity contribution in [3.8, 4) is 11.5 Å².